The molecule has 0 radical (unpaired) electrons. The van der Waals surface area contributed by atoms with Crippen LogP contribution in [0.15, 0.2) is 60.8 Å². The smallest absolute Gasteiger partial charge is 0.314 e. The quantitative estimate of drug-likeness (QED) is 0.634. The van der Waals surface area contributed by atoms with Gasteiger partial charge in [0.05, 0.1) is 11.2 Å². The standard InChI is InChI=1S/C17H13N3O3/c21-13-7-2-6-12(10-13)19-16(22)17(23)20-14-8-1-4-11-5-3-9-18-15(11)14/h1-10,21H,(H,19,22)(H,20,23). The average Bonchev–Trinajstić information content (AvgIpc) is 2.55. The molecule has 23 heavy (non-hydrogen) atoms. The van der Waals surface area contributed by atoms with Crippen molar-refractivity contribution in [1.29, 1.82) is 0 Å². The van der Waals surface area contributed by atoms with Crippen molar-refractivity contribution < 1.29 is 14.7 Å². The highest BCUT2D eigenvalue weighted by atomic mass is 16.3. The zero-order chi connectivity index (χ0) is 16.2. The lowest BCUT2D eigenvalue weighted by Gasteiger charge is -2.08. The Morgan fingerprint density at radius 3 is 2.48 bits per heavy atom. The fourth-order valence-electron chi connectivity index (χ4n) is 2.16. The molecule has 114 valence electrons. The first-order chi connectivity index (χ1) is 11.1. The third-order valence-corrected chi connectivity index (χ3v) is 3.19. The number of anilines is 2. The van der Waals surface area contributed by atoms with Gasteiger partial charge in [0, 0.05) is 23.3 Å². The Morgan fingerprint density at radius 1 is 0.913 bits per heavy atom. The van der Waals surface area contributed by atoms with Crippen molar-refractivity contribution in [3.8, 4) is 5.75 Å². The molecule has 1 aromatic heterocycles. The molecule has 6 nitrogen and oxygen atoms in total. The molecule has 2 amide bonds. The maximum absolute atomic E-state index is 12.0. The lowest BCUT2D eigenvalue weighted by molar-refractivity contribution is -0.132. The summed E-state index contributed by atoms with van der Waals surface area (Å²) in [5.74, 6) is -1.64. The second-order valence-corrected chi connectivity index (χ2v) is 4.84. The molecule has 1 heterocycles. The molecule has 3 rings (SSSR count). The predicted octanol–water partition coefficient (Wildman–Crippen LogP) is 2.52. The molecular formula is C17H13N3O3. The molecule has 0 aliphatic heterocycles. The second-order valence-electron chi connectivity index (χ2n) is 4.84. The predicted molar refractivity (Wildman–Crippen MR) is 87.1 cm³/mol. The van der Waals surface area contributed by atoms with Crippen molar-refractivity contribution in [2.24, 2.45) is 0 Å². The molecule has 2 aromatic carbocycles. The number of hydrogen-bond donors (Lipinski definition) is 3. The summed E-state index contributed by atoms with van der Waals surface area (Å²) in [5.41, 5.74) is 1.40. The van der Waals surface area contributed by atoms with Crippen molar-refractivity contribution >= 4 is 34.1 Å². The number of pyridine rings is 1. The normalized spacial score (nSPS) is 10.3. The molecule has 0 atom stereocenters. The summed E-state index contributed by atoms with van der Waals surface area (Å²) in [6, 6.07) is 14.9. The van der Waals surface area contributed by atoms with Crippen LogP contribution in [-0.2, 0) is 9.59 Å². The van der Waals surface area contributed by atoms with E-state index in [9.17, 15) is 14.7 Å². The van der Waals surface area contributed by atoms with Gasteiger partial charge in [-0.2, -0.15) is 0 Å². The van der Waals surface area contributed by atoms with Crippen LogP contribution in [0, 0.1) is 0 Å². The first-order valence-electron chi connectivity index (χ1n) is 6.88. The first-order valence-corrected chi connectivity index (χ1v) is 6.88. The summed E-state index contributed by atoms with van der Waals surface area (Å²) in [6.45, 7) is 0. The Kier molecular flexibility index (Phi) is 3.88. The van der Waals surface area contributed by atoms with Crippen LogP contribution in [0.5, 0.6) is 5.75 Å². The Labute approximate surface area is 131 Å². The van der Waals surface area contributed by atoms with Crippen molar-refractivity contribution in [2.75, 3.05) is 10.6 Å². The fraction of sp³-hybridized carbons (Fsp3) is 0. The van der Waals surface area contributed by atoms with E-state index in [0.29, 0.717) is 16.9 Å². The minimum absolute atomic E-state index is 0.00135. The Morgan fingerprint density at radius 2 is 1.65 bits per heavy atom. The number of nitrogens with one attached hydrogen (secondary N) is 2. The van der Waals surface area contributed by atoms with Crippen LogP contribution in [-0.4, -0.2) is 21.9 Å². The molecule has 3 aromatic rings. The Bertz CT molecular complexity index is 888. The van der Waals surface area contributed by atoms with Gasteiger partial charge in [-0.1, -0.05) is 24.3 Å². The van der Waals surface area contributed by atoms with Gasteiger partial charge in [-0.05, 0) is 24.3 Å². The number of benzene rings is 2. The van der Waals surface area contributed by atoms with E-state index in [2.05, 4.69) is 15.6 Å². The number of nitrogens with zero attached hydrogens (tertiary/aromatic N) is 1. The number of aromatic nitrogens is 1. The van der Waals surface area contributed by atoms with Crippen LogP contribution in [0.25, 0.3) is 10.9 Å². The highest BCUT2D eigenvalue weighted by Gasteiger charge is 2.15. The molecule has 6 heteroatoms. The SMILES string of the molecule is O=C(Nc1cccc(O)c1)C(=O)Nc1cccc2cccnc12. The van der Waals surface area contributed by atoms with Crippen LogP contribution in [0.2, 0.25) is 0 Å². The topological polar surface area (TPSA) is 91.3 Å². The minimum atomic E-state index is -0.830. The van der Waals surface area contributed by atoms with Gasteiger partial charge >= 0.3 is 11.8 Å². The van der Waals surface area contributed by atoms with E-state index in [1.54, 1.807) is 36.5 Å². The Hall–Kier alpha value is -3.41. The van der Waals surface area contributed by atoms with E-state index in [-0.39, 0.29) is 5.75 Å². The number of rotatable bonds is 2. The van der Waals surface area contributed by atoms with Crippen LogP contribution >= 0.6 is 0 Å². The number of fused-ring (bicyclic) bond motifs is 1. The maximum Gasteiger partial charge on any atom is 0.314 e. The van der Waals surface area contributed by atoms with Gasteiger partial charge in [-0.25, -0.2) is 0 Å². The van der Waals surface area contributed by atoms with Gasteiger partial charge < -0.3 is 15.7 Å². The van der Waals surface area contributed by atoms with Crippen molar-refractivity contribution in [1.82, 2.24) is 4.98 Å². The van der Waals surface area contributed by atoms with E-state index in [1.165, 1.54) is 12.1 Å². The largest absolute Gasteiger partial charge is 0.508 e. The highest BCUT2D eigenvalue weighted by molar-refractivity contribution is 6.44. The van der Waals surface area contributed by atoms with Gasteiger partial charge in [0.25, 0.3) is 0 Å². The van der Waals surface area contributed by atoms with Crippen LogP contribution in [0.4, 0.5) is 11.4 Å². The van der Waals surface area contributed by atoms with Gasteiger partial charge in [-0.15, -0.1) is 0 Å². The molecule has 0 saturated heterocycles. The summed E-state index contributed by atoms with van der Waals surface area (Å²) in [7, 11) is 0. The number of carbonyl (C=O) groups excluding carboxylic acids is 2. The zero-order valence-electron chi connectivity index (χ0n) is 12.0. The monoisotopic (exact) mass is 307 g/mol. The number of phenolic OH excluding ortho intramolecular Hbond substituents is 1. The molecule has 0 aliphatic carbocycles. The van der Waals surface area contributed by atoms with E-state index < -0.39 is 11.8 Å². The number of para-hydroxylation sites is 1. The number of hydrogen-bond acceptors (Lipinski definition) is 4. The van der Waals surface area contributed by atoms with Crippen molar-refractivity contribution in [3.63, 3.8) is 0 Å². The molecule has 0 aliphatic rings. The van der Waals surface area contributed by atoms with Gasteiger partial charge in [0.1, 0.15) is 5.75 Å². The number of aromatic hydroxyl groups is 1. The molecule has 0 bridgehead atoms. The molecule has 0 fully saturated rings. The van der Waals surface area contributed by atoms with Gasteiger partial charge in [0.2, 0.25) is 0 Å². The van der Waals surface area contributed by atoms with E-state index in [0.717, 1.165) is 5.39 Å². The maximum atomic E-state index is 12.0. The van der Waals surface area contributed by atoms with Crippen LogP contribution in [0.1, 0.15) is 0 Å². The van der Waals surface area contributed by atoms with Crippen LogP contribution in [0.3, 0.4) is 0 Å². The Balaban J connectivity index is 1.77. The molecule has 0 spiro atoms. The molecule has 0 unspecified atom stereocenters. The molecular weight excluding hydrogens is 294 g/mol. The fourth-order valence-corrected chi connectivity index (χ4v) is 2.16. The summed E-state index contributed by atoms with van der Waals surface area (Å²) in [4.78, 5) is 28.2. The minimum Gasteiger partial charge on any atom is -0.508 e. The third kappa shape index (κ3) is 3.26. The highest BCUT2D eigenvalue weighted by Crippen LogP contribution is 2.20. The molecule has 3 N–H and O–H groups in total. The molecule has 0 saturated carbocycles. The number of carbonyl (C=O) groups is 2. The second kappa shape index (κ2) is 6.15. The van der Waals surface area contributed by atoms with E-state index in [4.69, 9.17) is 0 Å². The van der Waals surface area contributed by atoms with Gasteiger partial charge in [-0.3, -0.25) is 14.6 Å². The summed E-state index contributed by atoms with van der Waals surface area (Å²) >= 11 is 0. The van der Waals surface area contributed by atoms with Crippen LogP contribution < -0.4 is 10.6 Å². The average molecular weight is 307 g/mol. The third-order valence-electron chi connectivity index (χ3n) is 3.19. The van der Waals surface area contributed by atoms with E-state index >= 15 is 0 Å². The lowest BCUT2D eigenvalue weighted by Crippen LogP contribution is -2.29. The summed E-state index contributed by atoms with van der Waals surface area (Å²) in [5, 5.41) is 15.2. The number of amides is 2. The lowest BCUT2D eigenvalue weighted by atomic mass is 10.2. The summed E-state index contributed by atoms with van der Waals surface area (Å²) < 4.78 is 0. The summed E-state index contributed by atoms with van der Waals surface area (Å²) in [6.07, 6.45) is 1.62. The van der Waals surface area contributed by atoms with Crippen molar-refractivity contribution in [2.45, 2.75) is 0 Å². The number of phenols is 1. The van der Waals surface area contributed by atoms with Gasteiger partial charge in [0.15, 0.2) is 0 Å². The van der Waals surface area contributed by atoms with E-state index in [1.807, 2.05) is 12.1 Å². The zero-order valence-corrected chi connectivity index (χ0v) is 12.0. The first kappa shape index (κ1) is 14.5. The van der Waals surface area contributed by atoms with Crippen molar-refractivity contribution in [3.05, 3.63) is 60.8 Å².